The van der Waals surface area contributed by atoms with Crippen LogP contribution in [0.5, 0.6) is 0 Å². The largest absolute Gasteiger partial charge is 0.462 e. The van der Waals surface area contributed by atoms with Gasteiger partial charge < -0.3 is 10.1 Å². The molecule has 0 aliphatic rings. The molecule has 0 atom stereocenters. The zero-order chi connectivity index (χ0) is 25.2. The lowest BCUT2D eigenvalue weighted by atomic mass is 10.0. The molecule has 0 spiro atoms. The van der Waals surface area contributed by atoms with Gasteiger partial charge in [-0.2, -0.15) is 0 Å². The van der Waals surface area contributed by atoms with E-state index in [9.17, 15) is 9.59 Å². The van der Waals surface area contributed by atoms with E-state index in [1.54, 1.807) is 36.5 Å². The standard InChI is InChI=1S/C28H21ClN2O3S2/c1-3-34-28(33)25-21(17-9-11-18(29)12-10-17)15-35-27(25)31-26(32)20-14-23(24-13-8-16(2)36-24)30-22-7-5-4-6-19(20)22/h4-15H,3H2,1-2H3,(H,31,32). The lowest BCUT2D eigenvalue weighted by Gasteiger charge is -2.11. The van der Waals surface area contributed by atoms with Crippen LogP contribution >= 0.6 is 34.3 Å². The number of carbonyl (C=O) groups excluding carboxylic acids is 2. The average molecular weight is 533 g/mol. The summed E-state index contributed by atoms with van der Waals surface area (Å²) in [5.41, 5.74) is 3.76. The number of benzene rings is 2. The highest BCUT2D eigenvalue weighted by atomic mass is 35.5. The number of amides is 1. The van der Waals surface area contributed by atoms with Crippen molar-refractivity contribution in [2.75, 3.05) is 11.9 Å². The number of nitrogens with zero attached hydrogens (tertiary/aromatic N) is 1. The number of nitrogens with one attached hydrogen (secondary N) is 1. The van der Waals surface area contributed by atoms with Crippen molar-refractivity contribution in [3.63, 3.8) is 0 Å². The third-order valence-corrected chi connectivity index (χ3v) is 7.78. The van der Waals surface area contributed by atoms with E-state index in [1.807, 2.05) is 60.8 Å². The Hall–Kier alpha value is -3.52. The van der Waals surface area contributed by atoms with Gasteiger partial charge in [-0.25, -0.2) is 9.78 Å². The van der Waals surface area contributed by atoms with E-state index in [4.69, 9.17) is 21.3 Å². The van der Waals surface area contributed by atoms with Crippen LogP contribution in [0.4, 0.5) is 5.00 Å². The number of hydrogen-bond donors (Lipinski definition) is 1. The maximum absolute atomic E-state index is 13.6. The molecule has 5 aromatic rings. The van der Waals surface area contributed by atoms with Crippen LogP contribution in [0.3, 0.4) is 0 Å². The quantitative estimate of drug-likeness (QED) is 0.224. The number of halogens is 1. The van der Waals surface area contributed by atoms with Crippen molar-refractivity contribution >= 4 is 62.1 Å². The predicted octanol–water partition coefficient (Wildman–Crippen LogP) is 8.08. The van der Waals surface area contributed by atoms with Crippen LogP contribution in [-0.4, -0.2) is 23.5 Å². The molecule has 0 saturated heterocycles. The number of aryl methyl sites for hydroxylation is 1. The molecule has 1 amide bonds. The molecule has 0 bridgehead atoms. The van der Waals surface area contributed by atoms with E-state index in [0.717, 1.165) is 27.0 Å². The lowest BCUT2D eigenvalue weighted by Crippen LogP contribution is -2.15. The second-order valence-corrected chi connectivity index (χ2v) is 10.6. The van der Waals surface area contributed by atoms with Crippen molar-refractivity contribution in [3.8, 4) is 21.7 Å². The predicted molar refractivity (Wildman–Crippen MR) is 148 cm³/mol. The molecule has 5 nitrogen and oxygen atoms in total. The van der Waals surface area contributed by atoms with Gasteiger partial charge in [0.2, 0.25) is 0 Å². The van der Waals surface area contributed by atoms with E-state index >= 15 is 0 Å². The molecule has 0 radical (unpaired) electrons. The van der Waals surface area contributed by atoms with Gasteiger partial charge in [-0.1, -0.05) is 41.9 Å². The number of carbonyl (C=O) groups is 2. The van der Waals surface area contributed by atoms with Crippen LogP contribution < -0.4 is 5.32 Å². The van der Waals surface area contributed by atoms with Gasteiger partial charge in [-0.05, 0) is 55.8 Å². The zero-order valence-electron chi connectivity index (χ0n) is 19.5. The molecule has 1 N–H and O–H groups in total. The summed E-state index contributed by atoms with van der Waals surface area (Å²) in [4.78, 5) is 33.5. The summed E-state index contributed by atoms with van der Waals surface area (Å²) in [5, 5.41) is 6.58. The molecule has 8 heteroatoms. The minimum absolute atomic E-state index is 0.223. The first-order valence-electron chi connectivity index (χ1n) is 11.3. The third-order valence-electron chi connectivity index (χ3n) is 5.61. The van der Waals surface area contributed by atoms with Crippen molar-refractivity contribution in [3.05, 3.63) is 93.1 Å². The zero-order valence-corrected chi connectivity index (χ0v) is 21.9. The van der Waals surface area contributed by atoms with Gasteiger partial charge in [0.05, 0.1) is 28.3 Å². The van der Waals surface area contributed by atoms with Crippen LogP contribution in [-0.2, 0) is 4.74 Å². The highest BCUT2D eigenvalue weighted by Gasteiger charge is 2.24. The molecule has 0 unspecified atom stereocenters. The van der Waals surface area contributed by atoms with Crippen LogP contribution in [0.15, 0.2) is 72.1 Å². The van der Waals surface area contributed by atoms with Gasteiger partial charge >= 0.3 is 5.97 Å². The van der Waals surface area contributed by atoms with Crippen molar-refractivity contribution in [1.82, 2.24) is 4.98 Å². The van der Waals surface area contributed by atoms with Crippen LogP contribution in [0.25, 0.3) is 32.6 Å². The van der Waals surface area contributed by atoms with Crippen LogP contribution in [0, 0.1) is 6.92 Å². The Balaban J connectivity index is 1.57. The second-order valence-electron chi connectivity index (χ2n) is 8.02. The van der Waals surface area contributed by atoms with E-state index in [-0.39, 0.29) is 12.5 Å². The Morgan fingerprint density at radius 3 is 2.56 bits per heavy atom. The van der Waals surface area contributed by atoms with Gasteiger partial charge in [0.1, 0.15) is 10.6 Å². The highest BCUT2D eigenvalue weighted by molar-refractivity contribution is 7.15. The van der Waals surface area contributed by atoms with Crippen molar-refractivity contribution in [2.45, 2.75) is 13.8 Å². The van der Waals surface area contributed by atoms with Crippen molar-refractivity contribution in [2.24, 2.45) is 0 Å². The molecule has 0 aliphatic carbocycles. The fourth-order valence-electron chi connectivity index (χ4n) is 3.93. The summed E-state index contributed by atoms with van der Waals surface area (Å²) in [6.45, 7) is 4.01. The number of esters is 1. The molecule has 0 aliphatic heterocycles. The highest BCUT2D eigenvalue weighted by Crippen LogP contribution is 2.37. The minimum atomic E-state index is -0.492. The number of pyridine rings is 1. The molecule has 180 valence electrons. The molecular formula is C28H21ClN2O3S2. The van der Waals surface area contributed by atoms with E-state index in [1.165, 1.54) is 16.2 Å². The molecule has 2 aromatic carbocycles. The number of aromatic nitrogens is 1. The summed E-state index contributed by atoms with van der Waals surface area (Å²) in [6.07, 6.45) is 0. The third kappa shape index (κ3) is 4.78. The van der Waals surface area contributed by atoms with E-state index < -0.39 is 5.97 Å². The Labute approximate surface area is 221 Å². The number of para-hydroxylation sites is 1. The number of hydrogen-bond acceptors (Lipinski definition) is 6. The van der Waals surface area contributed by atoms with Gasteiger partial charge in [0, 0.05) is 26.2 Å². The average Bonchev–Trinajstić information content (AvgIpc) is 3.50. The molecule has 5 rings (SSSR count). The fourth-order valence-corrected chi connectivity index (χ4v) is 5.84. The summed E-state index contributed by atoms with van der Waals surface area (Å²) in [6, 6.07) is 20.6. The Bertz CT molecular complexity index is 1590. The van der Waals surface area contributed by atoms with Gasteiger partial charge in [0.15, 0.2) is 0 Å². The molecule has 0 saturated carbocycles. The number of rotatable bonds is 6. The Kier molecular flexibility index (Phi) is 6.87. The van der Waals surface area contributed by atoms with Crippen molar-refractivity contribution in [1.29, 1.82) is 0 Å². The summed E-state index contributed by atoms with van der Waals surface area (Å²) in [7, 11) is 0. The molecule has 36 heavy (non-hydrogen) atoms. The number of anilines is 1. The fraction of sp³-hybridized carbons (Fsp3) is 0.107. The molecule has 0 fully saturated rings. The first kappa shape index (κ1) is 24.2. The first-order valence-corrected chi connectivity index (χ1v) is 13.3. The normalized spacial score (nSPS) is 11.0. The summed E-state index contributed by atoms with van der Waals surface area (Å²) in [5.74, 6) is -0.813. The molecular weight excluding hydrogens is 512 g/mol. The summed E-state index contributed by atoms with van der Waals surface area (Å²) >= 11 is 8.96. The van der Waals surface area contributed by atoms with Crippen LogP contribution in [0.1, 0.15) is 32.5 Å². The number of thiophene rings is 2. The first-order chi connectivity index (χ1) is 17.4. The monoisotopic (exact) mass is 532 g/mol. The maximum Gasteiger partial charge on any atom is 0.341 e. The Morgan fingerprint density at radius 2 is 1.83 bits per heavy atom. The molecule has 3 heterocycles. The van der Waals surface area contributed by atoms with E-state index in [2.05, 4.69) is 5.32 Å². The smallest absolute Gasteiger partial charge is 0.341 e. The molecule has 3 aromatic heterocycles. The van der Waals surface area contributed by atoms with Gasteiger partial charge in [-0.3, -0.25) is 4.79 Å². The minimum Gasteiger partial charge on any atom is -0.462 e. The lowest BCUT2D eigenvalue weighted by molar-refractivity contribution is 0.0529. The second kappa shape index (κ2) is 10.2. The SMILES string of the molecule is CCOC(=O)c1c(-c2ccc(Cl)cc2)csc1NC(=O)c1cc(-c2ccc(C)s2)nc2ccccc12. The number of ether oxygens (including phenoxy) is 1. The Morgan fingerprint density at radius 1 is 1.06 bits per heavy atom. The van der Waals surface area contributed by atoms with Crippen LogP contribution in [0.2, 0.25) is 5.02 Å². The van der Waals surface area contributed by atoms with Gasteiger partial charge in [0.25, 0.3) is 5.91 Å². The van der Waals surface area contributed by atoms with E-state index in [0.29, 0.717) is 26.7 Å². The number of fused-ring (bicyclic) bond motifs is 1. The van der Waals surface area contributed by atoms with Gasteiger partial charge in [-0.15, -0.1) is 22.7 Å². The summed E-state index contributed by atoms with van der Waals surface area (Å²) < 4.78 is 5.33. The topological polar surface area (TPSA) is 68.3 Å². The maximum atomic E-state index is 13.6. The van der Waals surface area contributed by atoms with Crippen molar-refractivity contribution < 1.29 is 14.3 Å².